The van der Waals surface area contributed by atoms with Crippen molar-refractivity contribution in [3.8, 4) is 0 Å². The lowest BCUT2D eigenvalue weighted by molar-refractivity contribution is -0.140. The van der Waals surface area contributed by atoms with Gasteiger partial charge in [-0.1, -0.05) is 6.07 Å². The first kappa shape index (κ1) is 15.6. The zero-order valence-electron chi connectivity index (χ0n) is 12.6. The third kappa shape index (κ3) is 3.47. The number of benzene rings is 1. The molecule has 1 fully saturated rings. The molecule has 1 N–H and O–H groups in total. The van der Waals surface area contributed by atoms with Gasteiger partial charge in [-0.15, -0.1) is 0 Å². The maximum atomic E-state index is 13.0. The molecule has 0 spiro atoms. The lowest BCUT2D eigenvalue weighted by Crippen LogP contribution is -2.42. The van der Waals surface area contributed by atoms with E-state index in [1.807, 2.05) is 20.8 Å². The Balaban J connectivity index is 1.89. The largest absolute Gasteiger partial charge is 0.305 e. The molecule has 1 aromatic rings. The van der Waals surface area contributed by atoms with Crippen molar-refractivity contribution in [2.75, 3.05) is 6.54 Å². The average molecular weight is 292 g/mol. The molecular weight excluding hydrogens is 271 g/mol. The van der Waals surface area contributed by atoms with E-state index in [0.29, 0.717) is 13.0 Å². The van der Waals surface area contributed by atoms with Crippen LogP contribution in [0.25, 0.3) is 0 Å². The van der Waals surface area contributed by atoms with Crippen LogP contribution in [0.1, 0.15) is 31.4 Å². The molecule has 1 aliphatic heterocycles. The van der Waals surface area contributed by atoms with E-state index in [-0.39, 0.29) is 30.1 Å². The van der Waals surface area contributed by atoms with Crippen molar-refractivity contribution in [2.24, 2.45) is 0 Å². The molecule has 1 unspecified atom stereocenters. The summed E-state index contributed by atoms with van der Waals surface area (Å²) in [6.45, 7) is 6.12. The topological polar surface area (TPSA) is 49.4 Å². The molecule has 0 radical (unpaired) electrons. The number of likely N-dealkylation sites (tertiary alicyclic amines) is 1. The molecule has 2 rings (SSSR count). The molecule has 0 saturated carbocycles. The number of nitrogens with zero attached hydrogens (tertiary/aromatic N) is 1. The monoisotopic (exact) mass is 292 g/mol. The van der Waals surface area contributed by atoms with Gasteiger partial charge in [0.1, 0.15) is 5.82 Å². The summed E-state index contributed by atoms with van der Waals surface area (Å²) in [5, 5.41) is 3.13. The Kier molecular flexibility index (Phi) is 4.73. The Morgan fingerprint density at radius 2 is 2.10 bits per heavy atom. The SMILES string of the molecule is Cc1cc(F)ccc1CCNC1CC(=O)N(C(C)C)C1=O. The number of hydrogen-bond acceptors (Lipinski definition) is 3. The molecule has 21 heavy (non-hydrogen) atoms. The molecule has 1 saturated heterocycles. The quantitative estimate of drug-likeness (QED) is 0.842. The minimum atomic E-state index is -0.430. The average Bonchev–Trinajstić information content (AvgIpc) is 2.67. The van der Waals surface area contributed by atoms with Gasteiger partial charge < -0.3 is 5.32 Å². The van der Waals surface area contributed by atoms with Gasteiger partial charge in [-0.2, -0.15) is 0 Å². The van der Waals surface area contributed by atoms with E-state index in [4.69, 9.17) is 0 Å². The van der Waals surface area contributed by atoms with Crippen LogP contribution in [0, 0.1) is 12.7 Å². The second-order valence-corrected chi connectivity index (χ2v) is 5.73. The third-order valence-corrected chi connectivity index (χ3v) is 3.79. The third-order valence-electron chi connectivity index (χ3n) is 3.79. The summed E-state index contributed by atoms with van der Waals surface area (Å²) >= 11 is 0. The Labute approximate surface area is 124 Å². The van der Waals surface area contributed by atoms with Crippen LogP contribution in [0.4, 0.5) is 4.39 Å². The van der Waals surface area contributed by atoms with E-state index in [2.05, 4.69) is 5.32 Å². The van der Waals surface area contributed by atoms with E-state index >= 15 is 0 Å². The zero-order chi connectivity index (χ0) is 15.6. The van der Waals surface area contributed by atoms with Crippen LogP contribution in [0.2, 0.25) is 0 Å². The highest BCUT2D eigenvalue weighted by Gasteiger charge is 2.39. The van der Waals surface area contributed by atoms with Gasteiger partial charge in [-0.05, 0) is 57.0 Å². The number of rotatable bonds is 5. The Morgan fingerprint density at radius 3 is 2.67 bits per heavy atom. The van der Waals surface area contributed by atoms with Crippen LogP contribution in [0.5, 0.6) is 0 Å². The van der Waals surface area contributed by atoms with Crippen LogP contribution in [-0.2, 0) is 16.0 Å². The van der Waals surface area contributed by atoms with Crippen LogP contribution in [-0.4, -0.2) is 35.3 Å². The fourth-order valence-electron chi connectivity index (χ4n) is 2.67. The van der Waals surface area contributed by atoms with Gasteiger partial charge in [-0.25, -0.2) is 4.39 Å². The van der Waals surface area contributed by atoms with E-state index < -0.39 is 6.04 Å². The second-order valence-electron chi connectivity index (χ2n) is 5.73. The number of carbonyl (C=O) groups excluding carboxylic acids is 2. The minimum absolute atomic E-state index is 0.101. The molecule has 2 amide bonds. The lowest BCUT2D eigenvalue weighted by Gasteiger charge is -2.19. The fraction of sp³-hybridized carbons (Fsp3) is 0.500. The van der Waals surface area contributed by atoms with Gasteiger partial charge >= 0.3 is 0 Å². The van der Waals surface area contributed by atoms with Gasteiger partial charge in [0.2, 0.25) is 11.8 Å². The highest BCUT2D eigenvalue weighted by atomic mass is 19.1. The molecule has 1 aliphatic rings. The van der Waals surface area contributed by atoms with Crippen LogP contribution < -0.4 is 5.32 Å². The van der Waals surface area contributed by atoms with Crippen molar-refractivity contribution in [1.29, 1.82) is 0 Å². The Hall–Kier alpha value is -1.75. The number of nitrogens with one attached hydrogen (secondary N) is 1. The van der Waals surface area contributed by atoms with Crippen molar-refractivity contribution in [3.05, 3.63) is 35.1 Å². The number of halogens is 1. The second kappa shape index (κ2) is 6.35. The van der Waals surface area contributed by atoms with Crippen LogP contribution in [0.15, 0.2) is 18.2 Å². The van der Waals surface area contributed by atoms with Gasteiger partial charge in [0, 0.05) is 6.04 Å². The smallest absolute Gasteiger partial charge is 0.247 e. The molecule has 1 atom stereocenters. The van der Waals surface area contributed by atoms with Crippen molar-refractivity contribution >= 4 is 11.8 Å². The molecule has 1 aromatic carbocycles. The summed E-state index contributed by atoms with van der Waals surface area (Å²) in [4.78, 5) is 25.2. The fourth-order valence-corrected chi connectivity index (χ4v) is 2.67. The number of carbonyl (C=O) groups is 2. The summed E-state index contributed by atoms with van der Waals surface area (Å²) in [6.07, 6.45) is 0.922. The normalized spacial score (nSPS) is 18.9. The molecular formula is C16H21FN2O2. The van der Waals surface area contributed by atoms with E-state index in [1.54, 1.807) is 6.07 Å². The Bertz CT molecular complexity index is 557. The number of hydrogen-bond donors (Lipinski definition) is 1. The number of imide groups is 1. The van der Waals surface area contributed by atoms with Crippen molar-refractivity contribution in [1.82, 2.24) is 10.2 Å². The van der Waals surface area contributed by atoms with Gasteiger partial charge in [0.25, 0.3) is 0 Å². The van der Waals surface area contributed by atoms with Crippen molar-refractivity contribution in [2.45, 2.75) is 45.7 Å². The summed E-state index contributed by atoms with van der Waals surface area (Å²) < 4.78 is 13.0. The predicted octanol–water partition coefficient (Wildman–Crippen LogP) is 1.80. The standard InChI is InChI=1S/C16H21FN2O2/c1-10(2)19-15(20)9-14(16(19)21)18-7-6-12-4-5-13(17)8-11(12)3/h4-5,8,10,14,18H,6-7,9H2,1-3H3. The summed E-state index contributed by atoms with van der Waals surface area (Å²) in [5.41, 5.74) is 1.94. The molecule has 0 aromatic heterocycles. The minimum Gasteiger partial charge on any atom is -0.305 e. The van der Waals surface area contributed by atoms with Crippen molar-refractivity contribution < 1.29 is 14.0 Å². The highest BCUT2D eigenvalue weighted by Crippen LogP contribution is 2.16. The number of aryl methyl sites for hydroxylation is 1. The molecule has 0 aliphatic carbocycles. The first-order valence-electron chi connectivity index (χ1n) is 7.24. The van der Waals surface area contributed by atoms with Gasteiger partial charge in [-0.3, -0.25) is 14.5 Å². The van der Waals surface area contributed by atoms with Gasteiger partial charge in [0.05, 0.1) is 12.5 Å². The molecule has 114 valence electrons. The van der Waals surface area contributed by atoms with Crippen LogP contribution >= 0.6 is 0 Å². The summed E-state index contributed by atoms with van der Waals surface area (Å²) in [6, 6.07) is 4.17. The highest BCUT2D eigenvalue weighted by molar-refractivity contribution is 6.05. The van der Waals surface area contributed by atoms with Gasteiger partial charge in [0.15, 0.2) is 0 Å². The molecule has 1 heterocycles. The maximum absolute atomic E-state index is 13.0. The van der Waals surface area contributed by atoms with Crippen molar-refractivity contribution in [3.63, 3.8) is 0 Å². The summed E-state index contributed by atoms with van der Waals surface area (Å²) in [7, 11) is 0. The number of amides is 2. The summed E-state index contributed by atoms with van der Waals surface area (Å²) in [5.74, 6) is -0.510. The van der Waals surface area contributed by atoms with Crippen LogP contribution in [0.3, 0.4) is 0 Å². The maximum Gasteiger partial charge on any atom is 0.247 e. The van der Waals surface area contributed by atoms with E-state index in [1.165, 1.54) is 17.0 Å². The predicted molar refractivity (Wildman–Crippen MR) is 78.2 cm³/mol. The zero-order valence-corrected chi connectivity index (χ0v) is 12.6. The first-order valence-corrected chi connectivity index (χ1v) is 7.24. The molecule has 4 nitrogen and oxygen atoms in total. The lowest BCUT2D eigenvalue weighted by atomic mass is 10.1. The first-order chi connectivity index (χ1) is 9.90. The van der Waals surface area contributed by atoms with E-state index in [0.717, 1.165) is 11.1 Å². The Morgan fingerprint density at radius 1 is 1.38 bits per heavy atom. The molecule has 5 heteroatoms. The van der Waals surface area contributed by atoms with E-state index in [9.17, 15) is 14.0 Å². The molecule has 0 bridgehead atoms.